The quantitative estimate of drug-likeness (QED) is 0.548. The van der Waals surface area contributed by atoms with E-state index < -0.39 is 21.1 Å². The Morgan fingerprint density at radius 2 is 0.842 bits per heavy atom. The number of hydrogen-bond donors (Lipinski definition) is 0. The fourth-order valence-electron chi connectivity index (χ4n) is 1.29. The standard InChI is InChI=1S/C9H23O7P3/c1-6-13-18(11,14-7-2)17(5,10)19(12,15-8-3)16-9-4/h6-9H2,1-5H3. The third-order valence-electron chi connectivity index (χ3n) is 2.08. The molecule has 10 heteroatoms. The van der Waals surface area contributed by atoms with Crippen LogP contribution in [0.3, 0.4) is 0 Å². The van der Waals surface area contributed by atoms with Crippen molar-refractivity contribution in [3.8, 4) is 0 Å². The van der Waals surface area contributed by atoms with Gasteiger partial charge in [-0.2, -0.15) is 0 Å². The third kappa shape index (κ3) is 4.25. The predicted octanol–water partition coefficient (Wildman–Crippen LogP) is 4.34. The largest absolute Gasteiger partial charge is 0.397 e. The van der Waals surface area contributed by atoms with E-state index in [1.165, 1.54) is 0 Å². The second kappa shape index (κ2) is 8.09. The fourth-order valence-corrected chi connectivity index (χ4v) is 12.9. The van der Waals surface area contributed by atoms with Crippen molar-refractivity contribution in [2.45, 2.75) is 27.7 Å². The molecule has 19 heavy (non-hydrogen) atoms. The summed E-state index contributed by atoms with van der Waals surface area (Å²) in [6.45, 7) is 3.52. The highest BCUT2D eigenvalue weighted by molar-refractivity contribution is 8.62. The van der Waals surface area contributed by atoms with Crippen LogP contribution in [0.5, 0.6) is 0 Å². The molecule has 0 rings (SSSR count). The van der Waals surface area contributed by atoms with E-state index in [1.54, 1.807) is 27.7 Å². The molecular formula is C9H23O7P3. The lowest BCUT2D eigenvalue weighted by atomic mass is 10.9. The summed E-state index contributed by atoms with van der Waals surface area (Å²) in [5.41, 5.74) is 0. The van der Waals surface area contributed by atoms with Crippen LogP contribution in [0.1, 0.15) is 27.7 Å². The smallest absolute Gasteiger partial charge is 0.303 e. The van der Waals surface area contributed by atoms with Crippen molar-refractivity contribution in [1.82, 2.24) is 0 Å². The zero-order valence-electron chi connectivity index (χ0n) is 12.0. The van der Waals surface area contributed by atoms with Crippen molar-refractivity contribution >= 4 is 21.1 Å². The zero-order chi connectivity index (χ0) is 15.2. The van der Waals surface area contributed by atoms with Crippen molar-refractivity contribution in [2.24, 2.45) is 0 Å². The summed E-state index contributed by atoms with van der Waals surface area (Å²) in [6, 6.07) is 0. The molecule has 0 bridgehead atoms. The molecule has 0 fully saturated rings. The summed E-state index contributed by atoms with van der Waals surface area (Å²) in [7, 11) is -8.12. The van der Waals surface area contributed by atoms with Gasteiger partial charge in [-0.05, 0) is 27.7 Å². The van der Waals surface area contributed by atoms with Crippen LogP contribution in [0.15, 0.2) is 0 Å². The van der Waals surface area contributed by atoms with Crippen molar-refractivity contribution in [3.05, 3.63) is 0 Å². The third-order valence-corrected chi connectivity index (χ3v) is 17.0. The van der Waals surface area contributed by atoms with E-state index in [0.717, 1.165) is 6.66 Å². The van der Waals surface area contributed by atoms with Crippen LogP contribution in [0, 0.1) is 0 Å². The SMILES string of the molecule is CCOP(=O)(OCC)P(C)(=O)P(=O)(OCC)OCC. The minimum absolute atomic E-state index is 0.0212. The van der Waals surface area contributed by atoms with E-state index in [1.807, 2.05) is 0 Å². The van der Waals surface area contributed by atoms with E-state index >= 15 is 0 Å². The first-order valence-electron chi connectivity index (χ1n) is 6.11. The Bertz CT molecular complexity index is 355. The molecule has 0 aromatic heterocycles. The Hall–Kier alpha value is 0.530. The van der Waals surface area contributed by atoms with Gasteiger partial charge in [-0.1, -0.05) is 0 Å². The molecule has 0 aromatic carbocycles. The van der Waals surface area contributed by atoms with Crippen LogP contribution in [-0.4, -0.2) is 33.1 Å². The van der Waals surface area contributed by atoms with Gasteiger partial charge in [0.1, 0.15) is 0 Å². The van der Waals surface area contributed by atoms with Gasteiger partial charge in [-0.15, -0.1) is 0 Å². The predicted molar refractivity (Wildman–Crippen MR) is 75.2 cm³/mol. The van der Waals surface area contributed by atoms with Crippen LogP contribution in [0.2, 0.25) is 0 Å². The summed E-state index contributed by atoms with van der Waals surface area (Å²) in [6.07, 6.45) is 0. The van der Waals surface area contributed by atoms with Gasteiger partial charge in [0.2, 0.25) is 0 Å². The Kier molecular flexibility index (Phi) is 8.32. The highest BCUT2D eigenvalue weighted by atomic mass is 32.5. The molecule has 0 saturated carbocycles. The Morgan fingerprint density at radius 3 is 1.00 bits per heavy atom. The van der Waals surface area contributed by atoms with Crippen molar-refractivity contribution < 1.29 is 31.8 Å². The van der Waals surface area contributed by atoms with Gasteiger partial charge < -0.3 is 18.1 Å². The average Bonchev–Trinajstić information content (AvgIpc) is 2.29. The van der Waals surface area contributed by atoms with E-state index in [2.05, 4.69) is 0 Å². The maximum atomic E-state index is 12.8. The molecule has 0 spiro atoms. The summed E-state index contributed by atoms with van der Waals surface area (Å²) in [5.74, 6) is 0. The summed E-state index contributed by atoms with van der Waals surface area (Å²) in [4.78, 5) is 0. The van der Waals surface area contributed by atoms with Gasteiger partial charge in [-0.25, -0.2) is 0 Å². The van der Waals surface area contributed by atoms with E-state index in [4.69, 9.17) is 18.1 Å². The first-order valence-corrected chi connectivity index (χ1v) is 12.8. The lowest BCUT2D eigenvalue weighted by molar-refractivity contribution is 0.226. The molecule has 0 aromatic rings. The second-order valence-corrected chi connectivity index (χ2v) is 16.5. The van der Waals surface area contributed by atoms with E-state index in [9.17, 15) is 13.7 Å². The molecule has 0 heterocycles. The minimum atomic E-state index is -4.06. The normalized spacial score (nSPS) is 13.7. The molecule has 0 aliphatic heterocycles. The molecule has 7 nitrogen and oxygen atoms in total. The molecule has 0 aliphatic rings. The lowest BCUT2D eigenvalue weighted by Gasteiger charge is -2.28. The highest BCUT2D eigenvalue weighted by Crippen LogP contribution is 2.99. The van der Waals surface area contributed by atoms with Crippen molar-refractivity contribution in [1.29, 1.82) is 0 Å². The van der Waals surface area contributed by atoms with E-state index in [-0.39, 0.29) is 26.4 Å². The molecule has 0 saturated heterocycles. The molecule has 0 aliphatic carbocycles. The Morgan fingerprint density at radius 1 is 0.632 bits per heavy atom. The molecule has 116 valence electrons. The van der Waals surface area contributed by atoms with Crippen LogP contribution < -0.4 is 0 Å². The summed E-state index contributed by atoms with van der Waals surface area (Å²) in [5, 5.41) is 0. The van der Waals surface area contributed by atoms with Crippen LogP contribution >= 0.6 is 21.1 Å². The minimum Gasteiger partial charge on any atom is -0.303 e. The lowest BCUT2D eigenvalue weighted by Crippen LogP contribution is -2.02. The monoisotopic (exact) mass is 336 g/mol. The molecule has 0 atom stereocenters. The van der Waals surface area contributed by atoms with Crippen molar-refractivity contribution in [2.75, 3.05) is 33.1 Å². The van der Waals surface area contributed by atoms with Gasteiger partial charge in [0, 0.05) is 6.66 Å². The van der Waals surface area contributed by atoms with Gasteiger partial charge in [0.25, 0.3) is 6.52 Å². The van der Waals surface area contributed by atoms with Gasteiger partial charge >= 0.3 is 14.6 Å². The van der Waals surface area contributed by atoms with Crippen LogP contribution in [-0.2, 0) is 31.8 Å². The zero-order valence-corrected chi connectivity index (χ0v) is 14.7. The van der Waals surface area contributed by atoms with Crippen LogP contribution in [0.4, 0.5) is 0 Å². The summed E-state index contributed by atoms with van der Waals surface area (Å²) < 4.78 is 58.0. The topological polar surface area (TPSA) is 88.1 Å². The maximum Gasteiger partial charge on any atom is 0.397 e. The number of rotatable bonds is 10. The van der Waals surface area contributed by atoms with Crippen LogP contribution in [0.25, 0.3) is 0 Å². The maximum absolute atomic E-state index is 12.8. The first-order chi connectivity index (χ1) is 8.74. The second-order valence-electron chi connectivity index (χ2n) is 3.44. The molecule has 0 amide bonds. The number of hydrogen-bond acceptors (Lipinski definition) is 7. The van der Waals surface area contributed by atoms with Gasteiger partial charge in [0.15, 0.2) is 0 Å². The summed E-state index contributed by atoms with van der Waals surface area (Å²) >= 11 is 0. The Balaban J connectivity index is 5.67. The average molecular weight is 336 g/mol. The highest BCUT2D eigenvalue weighted by Gasteiger charge is 2.58. The Labute approximate surface area is 114 Å². The molecular weight excluding hydrogens is 313 g/mol. The fraction of sp³-hybridized carbons (Fsp3) is 1.00. The van der Waals surface area contributed by atoms with Gasteiger partial charge in [0.05, 0.1) is 26.4 Å². The molecule has 0 radical (unpaired) electrons. The van der Waals surface area contributed by atoms with Gasteiger partial charge in [-0.3, -0.25) is 13.7 Å². The van der Waals surface area contributed by atoms with E-state index in [0.29, 0.717) is 0 Å². The molecule has 0 N–H and O–H groups in total. The molecule has 0 unspecified atom stereocenters. The van der Waals surface area contributed by atoms with Crippen molar-refractivity contribution in [3.63, 3.8) is 0 Å². The first kappa shape index (κ1) is 19.5.